The van der Waals surface area contributed by atoms with E-state index in [1.54, 1.807) is 19.2 Å². The Bertz CT molecular complexity index is 929. The van der Waals surface area contributed by atoms with E-state index >= 15 is 0 Å². The van der Waals surface area contributed by atoms with E-state index in [0.717, 1.165) is 31.0 Å². The molecular formula is C21H29N5O2S. The van der Waals surface area contributed by atoms with Gasteiger partial charge in [-0.25, -0.2) is 13.6 Å². The van der Waals surface area contributed by atoms with Crippen LogP contribution in [0.25, 0.3) is 0 Å². The van der Waals surface area contributed by atoms with Crippen LogP contribution in [0.3, 0.4) is 0 Å². The van der Waals surface area contributed by atoms with Crippen LogP contribution in [0.15, 0.2) is 64.5 Å². The zero-order valence-electron chi connectivity index (χ0n) is 16.9. The molecule has 2 atom stereocenters. The Labute approximate surface area is 173 Å². The minimum Gasteiger partial charge on any atom is -0.352 e. The molecule has 2 aromatic carbocycles. The highest BCUT2D eigenvalue weighted by molar-refractivity contribution is 7.89. The molecule has 0 bridgehead atoms. The van der Waals surface area contributed by atoms with Crippen LogP contribution in [-0.2, 0) is 23.1 Å². The van der Waals surface area contributed by atoms with Gasteiger partial charge in [0.25, 0.3) is 0 Å². The van der Waals surface area contributed by atoms with Gasteiger partial charge in [0.15, 0.2) is 5.96 Å². The van der Waals surface area contributed by atoms with Gasteiger partial charge in [-0.1, -0.05) is 42.5 Å². The first-order chi connectivity index (χ1) is 13.8. The minimum absolute atomic E-state index is 0.113. The summed E-state index contributed by atoms with van der Waals surface area (Å²) in [7, 11) is -1.92. The van der Waals surface area contributed by atoms with Crippen molar-refractivity contribution in [2.75, 3.05) is 13.6 Å². The third-order valence-corrected chi connectivity index (χ3v) is 6.14. The summed E-state index contributed by atoms with van der Waals surface area (Å²) in [5.41, 5.74) is 2.27. The van der Waals surface area contributed by atoms with Crippen molar-refractivity contribution < 1.29 is 8.42 Å². The summed E-state index contributed by atoms with van der Waals surface area (Å²) in [5.74, 6) is 0.735. The molecule has 0 amide bonds. The van der Waals surface area contributed by atoms with Crippen LogP contribution in [-0.4, -0.2) is 45.0 Å². The fraction of sp³-hybridized carbons (Fsp3) is 0.381. The van der Waals surface area contributed by atoms with Crippen molar-refractivity contribution in [1.29, 1.82) is 0 Å². The highest BCUT2D eigenvalue weighted by Crippen LogP contribution is 2.20. The van der Waals surface area contributed by atoms with Gasteiger partial charge >= 0.3 is 0 Å². The van der Waals surface area contributed by atoms with Crippen molar-refractivity contribution in [2.45, 2.75) is 43.4 Å². The smallest absolute Gasteiger partial charge is 0.238 e. The quantitative estimate of drug-likeness (QED) is 0.492. The molecule has 0 aliphatic carbocycles. The average Bonchev–Trinajstić information content (AvgIpc) is 3.04. The lowest BCUT2D eigenvalue weighted by atomic mass is 10.2. The monoisotopic (exact) mass is 415 g/mol. The molecule has 0 aromatic heterocycles. The molecule has 1 saturated heterocycles. The number of sulfonamides is 1. The standard InChI is InChI=1S/C21H29N5O2S/c1-16-12-19(15-26(16)14-18-6-4-3-5-7-18)25-21(23-2)24-13-17-8-10-20(11-9-17)29(22,27)28/h3-11,16,19H,12-15H2,1-2H3,(H2,22,27,28)(H2,23,24,25). The molecule has 1 aliphatic heterocycles. The average molecular weight is 416 g/mol. The fourth-order valence-electron chi connectivity index (χ4n) is 3.61. The number of rotatable bonds is 6. The molecular weight excluding hydrogens is 386 g/mol. The SMILES string of the molecule is CN=C(NCc1ccc(S(N)(=O)=O)cc1)NC1CC(C)N(Cc2ccccc2)C1. The highest BCUT2D eigenvalue weighted by Gasteiger charge is 2.29. The maximum Gasteiger partial charge on any atom is 0.238 e. The van der Waals surface area contributed by atoms with Gasteiger partial charge in [-0.05, 0) is 36.6 Å². The van der Waals surface area contributed by atoms with E-state index in [4.69, 9.17) is 5.14 Å². The molecule has 0 radical (unpaired) electrons. The molecule has 1 heterocycles. The van der Waals surface area contributed by atoms with Gasteiger partial charge < -0.3 is 10.6 Å². The Morgan fingerprint density at radius 2 is 1.83 bits per heavy atom. The highest BCUT2D eigenvalue weighted by atomic mass is 32.2. The lowest BCUT2D eigenvalue weighted by molar-refractivity contribution is 0.258. The van der Waals surface area contributed by atoms with Gasteiger partial charge in [-0.3, -0.25) is 9.89 Å². The molecule has 4 N–H and O–H groups in total. The van der Waals surface area contributed by atoms with E-state index in [0.29, 0.717) is 18.6 Å². The fourth-order valence-corrected chi connectivity index (χ4v) is 4.13. The van der Waals surface area contributed by atoms with Gasteiger partial charge in [-0.2, -0.15) is 0 Å². The first-order valence-corrected chi connectivity index (χ1v) is 11.3. The van der Waals surface area contributed by atoms with Crippen LogP contribution in [0.5, 0.6) is 0 Å². The Morgan fingerprint density at radius 1 is 1.14 bits per heavy atom. The summed E-state index contributed by atoms with van der Waals surface area (Å²) in [6.07, 6.45) is 1.05. The number of likely N-dealkylation sites (tertiary alicyclic amines) is 1. The van der Waals surface area contributed by atoms with Gasteiger partial charge in [0.1, 0.15) is 0 Å². The van der Waals surface area contributed by atoms with Crippen LogP contribution < -0.4 is 15.8 Å². The Morgan fingerprint density at radius 3 is 2.45 bits per heavy atom. The molecule has 1 aliphatic rings. The predicted molar refractivity (Wildman–Crippen MR) is 116 cm³/mol. The Balaban J connectivity index is 1.51. The number of hydrogen-bond acceptors (Lipinski definition) is 4. The molecule has 2 unspecified atom stereocenters. The van der Waals surface area contributed by atoms with Gasteiger partial charge in [0.05, 0.1) is 4.90 Å². The van der Waals surface area contributed by atoms with E-state index in [2.05, 4.69) is 51.7 Å². The summed E-state index contributed by atoms with van der Waals surface area (Å²) in [6, 6.07) is 17.9. The van der Waals surface area contributed by atoms with Crippen LogP contribution >= 0.6 is 0 Å². The number of nitrogens with zero attached hydrogens (tertiary/aromatic N) is 2. The number of guanidine groups is 1. The van der Waals surface area contributed by atoms with E-state index < -0.39 is 10.0 Å². The van der Waals surface area contributed by atoms with Crippen molar-refractivity contribution in [1.82, 2.24) is 15.5 Å². The lowest BCUT2D eigenvalue weighted by Crippen LogP contribution is -2.44. The number of nitrogens with one attached hydrogen (secondary N) is 2. The number of aliphatic imine (C=N–C) groups is 1. The van der Waals surface area contributed by atoms with Gasteiger partial charge in [0, 0.05) is 38.8 Å². The summed E-state index contributed by atoms with van der Waals surface area (Å²) in [4.78, 5) is 6.91. The van der Waals surface area contributed by atoms with Crippen molar-refractivity contribution in [2.24, 2.45) is 10.1 Å². The van der Waals surface area contributed by atoms with E-state index in [9.17, 15) is 8.42 Å². The van der Waals surface area contributed by atoms with E-state index in [1.807, 2.05) is 6.07 Å². The molecule has 7 nitrogen and oxygen atoms in total. The van der Waals surface area contributed by atoms with Crippen LogP contribution in [0, 0.1) is 0 Å². The second-order valence-electron chi connectivity index (χ2n) is 7.46. The summed E-state index contributed by atoms with van der Waals surface area (Å²) in [6.45, 7) is 4.71. The maximum atomic E-state index is 11.3. The maximum absolute atomic E-state index is 11.3. The topological polar surface area (TPSA) is 99.8 Å². The Kier molecular flexibility index (Phi) is 6.89. The second kappa shape index (κ2) is 9.39. The van der Waals surface area contributed by atoms with Crippen LogP contribution in [0.2, 0.25) is 0 Å². The third-order valence-electron chi connectivity index (χ3n) is 5.21. The molecule has 2 aromatic rings. The predicted octanol–water partition coefficient (Wildman–Crippen LogP) is 1.66. The number of hydrogen-bond donors (Lipinski definition) is 3. The molecule has 3 rings (SSSR count). The summed E-state index contributed by atoms with van der Waals surface area (Å²) < 4.78 is 22.7. The van der Waals surface area contributed by atoms with Crippen molar-refractivity contribution >= 4 is 16.0 Å². The second-order valence-corrected chi connectivity index (χ2v) is 9.02. The van der Waals surface area contributed by atoms with E-state index in [-0.39, 0.29) is 4.90 Å². The van der Waals surface area contributed by atoms with E-state index in [1.165, 1.54) is 17.7 Å². The molecule has 8 heteroatoms. The Hall–Kier alpha value is -2.42. The zero-order valence-corrected chi connectivity index (χ0v) is 17.7. The van der Waals surface area contributed by atoms with Crippen molar-refractivity contribution in [3.63, 3.8) is 0 Å². The van der Waals surface area contributed by atoms with Gasteiger partial charge in [0.2, 0.25) is 10.0 Å². The minimum atomic E-state index is -3.67. The van der Waals surface area contributed by atoms with Crippen molar-refractivity contribution in [3.8, 4) is 0 Å². The summed E-state index contributed by atoms with van der Waals surface area (Å²) >= 11 is 0. The zero-order chi connectivity index (χ0) is 20.9. The molecule has 156 valence electrons. The normalized spacial score (nSPS) is 20.6. The first-order valence-electron chi connectivity index (χ1n) is 9.72. The van der Waals surface area contributed by atoms with Gasteiger partial charge in [-0.15, -0.1) is 0 Å². The molecule has 1 fully saturated rings. The number of primary sulfonamides is 1. The van der Waals surface area contributed by atoms with Crippen LogP contribution in [0.4, 0.5) is 0 Å². The molecule has 0 saturated carbocycles. The lowest BCUT2D eigenvalue weighted by Gasteiger charge is -2.21. The number of nitrogens with two attached hydrogens (primary N) is 1. The summed E-state index contributed by atoms with van der Waals surface area (Å²) in [5, 5.41) is 11.9. The van der Waals surface area contributed by atoms with Crippen LogP contribution in [0.1, 0.15) is 24.5 Å². The number of benzene rings is 2. The largest absolute Gasteiger partial charge is 0.352 e. The molecule has 0 spiro atoms. The third kappa shape index (κ3) is 6.03. The molecule has 29 heavy (non-hydrogen) atoms. The van der Waals surface area contributed by atoms with Crippen molar-refractivity contribution in [3.05, 3.63) is 65.7 Å². The first kappa shape index (κ1) is 21.3.